The van der Waals surface area contributed by atoms with Crippen LogP contribution in [0, 0.1) is 0 Å². The standard InChI is InChI=1S/C46H28N4O/c1-3-15-29(16-4-1)45-47-42(41-36-22-10-14-26-40(36)51-46(41)48-45)35-21-9-13-25-39(35)50-38-24-12-8-20-32(38)34-28-27-33-31-19-7-11-23-37(31)49(43(33)44(34)50)30-17-5-2-6-18-30/h1-28H. The van der Waals surface area contributed by atoms with Crippen LogP contribution in [0.4, 0.5) is 0 Å². The van der Waals surface area contributed by atoms with Crippen LogP contribution in [0.5, 0.6) is 0 Å². The first-order chi connectivity index (χ1) is 25.3. The van der Waals surface area contributed by atoms with Crippen LogP contribution in [0.15, 0.2) is 174 Å². The van der Waals surface area contributed by atoms with E-state index in [1.807, 2.05) is 48.5 Å². The average molecular weight is 653 g/mol. The number of para-hydroxylation sites is 5. The highest BCUT2D eigenvalue weighted by atomic mass is 16.3. The van der Waals surface area contributed by atoms with Crippen LogP contribution in [0.2, 0.25) is 0 Å². The third-order valence-corrected chi connectivity index (χ3v) is 10.2. The minimum Gasteiger partial charge on any atom is -0.438 e. The molecule has 51 heavy (non-hydrogen) atoms. The van der Waals surface area contributed by atoms with Gasteiger partial charge in [-0.25, -0.2) is 4.98 Å². The Hall–Kier alpha value is -6.98. The van der Waals surface area contributed by atoms with E-state index in [2.05, 4.69) is 130 Å². The van der Waals surface area contributed by atoms with Gasteiger partial charge in [0.05, 0.1) is 38.8 Å². The maximum atomic E-state index is 6.44. The molecular formula is C46H28N4O. The van der Waals surface area contributed by atoms with Crippen molar-refractivity contribution in [3.05, 3.63) is 170 Å². The highest BCUT2D eigenvalue weighted by Crippen LogP contribution is 2.44. The summed E-state index contributed by atoms with van der Waals surface area (Å²) in [5.74, 6) is 0.626. The first-order valence-corrected chi connectivity index (χ1v) is 17.2. The van der Waals surface area contributed by atoms with Gasteiger partial charge in [0.15, 0.2) is 5.82 Å². The van der Waals surface area contributed by atoms with Crippen molar-refractivity contribution >= 4 is 65.7 Å². The van der Waals surface area contributed by atoms with E-state index in [-0.39, 0.29) is 0 Å². The molecule has 7 aromatic carbocycles. The predicted molar refractivity (Wildman–Crippen MR) is 209 cm³/mol. The van der Waals surface area contributed by atoms with Crippen LogP contribution < -0.4 is 0 Å². The van der Waals surface area contributed by atoms with Gasteiger partial charge in [-0.15, -0.1) is 0 Å². The lowest BCUT2D eigenvalue weighted by atomic mass is 10.0. The van der Waals surface area contributed by atoms with Crippen LogP contribution in [-0.4, -0.2) is 19.1 Å². The van der Waals surface area contributed by atoms with Gasteiger partial charge in [-0.2, -0.15) is 4.98 Å². The minimum atomic E-state index is 0.573. The van der Waals surface area contributed by atoms with E-state index >= 15 is 0 Å². The molecule has 0 atom stereocenters. The normalized spacial score (nSPS) is 11.9. The number of hydrogen-bond donors (Lipinski definition) is 0. The Bertz CT molecular complexity index is 3130. The molecule has 0 radical (unpaired) electrons. The third kappa shape index (κ3) is 4.03. The van der Waals surface area contributed by atoms with E-state index in [1.165, 1.54) is 27.1 Å². The quantitative estimate of drug-likeness (QED) is 0.190. The Kier molecular flexibility index (Phi) is 5.89. The Morgan fingerprint density at radius 3 is 1.75 bits per heavy atom. The van der Waals surface area contributed by atoms with Gasteiger partial charge in [0.2, 0.25) is 5.71 Å². The zero-order valence-corrected chi connectivity index (χ0v) is 27.4. The fourth-order valence-corrected chi connectivity index (χ4v) is 8.00. The van der Waals surface area contributed by atoms with Crippen LogP contribution >= 0.6 is 0 Å². The van der Waals surface area contributed by atoms with Crippen LogP contribution in [0.25, 0.3) is 99.7 Å². The molecule has 0 spiro atoms. The minimum absolute atomic E-state index is 0.573. The highest BCUT2D eigenvalue weighted by molar-refractivity contribution is 6.24. The molecule has 11 aromatic rings. The molecule has 11 rings (SSSR count). The van der Waals surface area contributed by atoms with Gasteiger partial charge in [-0.3, -0.25) is 0 Å². The lowest BCUT2D eigenvalue weighted by molar-refractivity contribution is 0.653. The largest absolute Gasteiger partial charge is 0.438 e. The van der Waals surface area contributed by atoms with E-state index in [1.54, 1.807) is 0 Å². The summed E-state index contributed by atoms with van der Waals surface area (Å²) in [6.45, 7) is 0. The Morgan fingerprint density at radius 2 is 1.00 bits per heavy atom. The van der Waals surface area contributed by atoms with Gasteiger partial charge in [0.25, 0.3) is 0 Å². The summed E-state index contributed by atoms with van der Waals surface area (Å²) in [6, 6.07) is 59.6. The van der Waals surface area contributed by atoms with Gasteiger partial charge in [0, 0.05) is 43.7 Å². The molecule has 0 aliphatic carbocycles. The lowest BCUT2D eigenvalue weighted by Crippen LogP contribution is -2.02. The van der Waals surface area contributed by atoms with Crippen LogP contribution in [0.1, 0.15) is 0 Å². The number of benzene rings is 7. The van der Waals surface area contributed by atoms with Gasteiger partial charge in [-0.1, -0.05) is 133 Å². The average Bonchev–Trinajstić information content (AvgIpc) is 3.86. The molecule has 0 saturated carbocycles. The number of aromatic nitrogens is 4. The summed E-state index contributed by atoms with van der Waals surface area (Å²) >= 11 is 0. The van der Waals surface area contributed by atoms with Crippen LogP contribution in [-0.2, 0) is 0 Å². The van der Waals surface area contributed by atoms with Crippen LogP contribution in [0.3, 0.4) is 0 Å². The van der Waals surface area contributed by atoms with Crippen molar-refractivity contribution in [3.8, 4) is 34.0 Å². The van der Waals surface area contributed by atoms with E-state index in [4.69, 9.17) is 14.4 Å². The van der Waals surface area contributed by atoms with E-state index in [0.29, 0.717) is 11.5 Å². The molecule has 5 nitrogen and oxygen atoms in total. The Morgan fingerprint density at radius 1 is 0.431 bits per heavy atom. The molecule has 0 amide bonds. The van der Waals surface area contributed by atoms with Crippen molar-refractivity contribution in [2.45, 2.75) is 0 Å². The zero-order valence-electron chi connectivity index (χ0n) is 27.4. The Labute approximate surface area is 292 Å². The van der Waals surface area contributed by atoms with Gasteiger partial charge in [-0.05, 0) is 36.4 Å². The molecule has 0 N–H and O–H groups in total. The monoisotopic (exact) mass is 652 g/mol. The number of rotatable bonds is 4. The summed E-state index contributed by atoms with van der Waals surface area (Å²) in [5.41, 5.74) is 10.9. The van der Waals surface area contributed by atoms with E-state index < -0.39 is 0 Å². The second-order valence-electron chi connectivity index (χ2n) is 13.0. The maximum absolute atomic E-state index is 6.44. The van der Waals surface area contributed by atoms with Crippen molar-refractivity contribution in [2.24, 2.45) is 0 Å². The first kappa shape index (κ1) is 27.9. The number of nitrogens with zero attached hydrogens (tertiary/aromatic N) is 4. The lowest BCUT2D eigenvalue weighted by Gasteiger charge is -2.16. The summed E-state index contributed by atoms with van der Waals surface area (Å²) in [4.78, 5) is 10.4. The van der Waals surface area contributed by atoms with Crippen molar-refractivity contribution in [1.29, 1.82) is 0 Å². The summed E-state index contributed by atoms with van der Waals surface area (Å²) in [7, 11) is 0. The molecule has 0 aliphatic heterocycles. The molecular weight excluding hydrogens is 625 g/mol. The summed E-state index contributed by atoms with van der Waals surface area (Å²) in [6.07, 6.45) is 0. The maximum Gasteiger partial charge on any atom is 0.231 e. The number of fused-ring (bicyclic) bond motifs is 10. The van der Waals surface area contributed by atoms with Crippen molar-refractivity contribution in [3.63, 3.8) is 0 Å². The topological polar surface area (TPSA) is 48.8 Å². The third-order valence-electron chi connectivity index (χ3n) is 10.2. The fourth-order valence-electron chi connectivity index (χ4n) is 8.00. The summed E-state index contributed by atoms with van der Waals surface area (Å²) < 4.78 is 11.3. The second-order valence-corrected chi connectivity index (χ2v) is 13.0. The molecule has 4 aromatic heterocycles. The van der Waals surface area contributed by atoms with Crippen molar-refractivity contribution in [2.75, 3.05) is 0 Å². The molecule has 0 saturated heterocycles. The molecule has 5 heteroatoms. The number of furan rings is 1. The summed E-state index contributed by atoms with van der Waals surface area (Å²) in [5, 5.41) is 6.71. The van der Waals surface area contributed by atoms with Crippen molar-refractivity contribution < 1.29 is 4.42 Å². The SMILES string of the molecule is c1ccc(-c2nc(-c3ccccc3-n3c4ccccc4c4ccc5c6ccccc6n(-c6ccccc6)c5c43)c3c(n2)oc2ccccc23)cc1. The molecule has 0 bridgehead atoms. The first-order valence-electron chi connectivity index (χ1n) is 17.2. The molecule has 0 aliphatic rings. The van der Waals surface area contributed by atoms with Gasteiger partial charge in [0.1, 0.15) is 5.58 Å². The molecule has 0 fully saturated rings. The molecule has 238 valence electrons. The number of hydrogen-bond acceptors (Lipinski definition) is 3. The highest BCUT2D eigenvalue weighted by Gasteiger charge is 2.25. The van der Waals surface area contributed by atoms with Gasteiger partial charge >= 0.3 is 0 Å². The van der Waals surface area contributed by atoms with E-state index in [9.17, 15) is 0 Å². The molecule has 0 unspecified atom stereocenters. The van der Waals surface area contributed by atoms with E-state index in [0.717, 1.165) is 61.1 Å². The van der Waals surface area contributed by atoms with Crippen molar-refractivity contribution in [1.82, 2.24) is 19.1 Å². The second kappa shape index (κ2) is 10.8. The molecule has 4 heterocycles. The predicted octanol–water partition coefficient (Wildman–Crippen LogP) is 11.9. The van der Waals surface area contributed by atoms with Gasteiger partial charge < -0.3 is 13.6 Å². The zero-order chi connectivity index (χ0) is 33.5. The fraction of sp³-hybridized carbons (Fsp3) is 0. The Balaban J connectivity index is 1.32. The smallest absolute Gasteiger partial charge is 0.231 e.